The summed E-state index contributed by atoms with van der Waals surface area (Å²) in [5, 5.41) is 2.13. The number of aromatic nitrogens is 1. The van der Waals surface area contributed by atoms with Crippen LogP contribution in [-0.4, -0.2) is 73.4 Å². The van der Waals surface area contributed by atoms with E-state index in [9.17, 15) is 4.79 Å². The molecule has 0 saturated carbocycles. The molecule has 0 aromatic carbocycles. The van der Waals surface area contributed by atoms with Crippen molar-refractivity contribution in [3.05, 3.63) is 51.9 Å². The number of piperidine rings is 1. The third kappa shape index (κ3) is 4.99. The maximum Gasteiger partial charge on any atom is 0.167 e. The van der Waals surface area contributed by atoms with Gasteiger partial charge in [-0.25, -0.2) is 4.98 Å². The van der Waals surface area contributed by atoms with Gasteiger partial charge in [0.1, 0.15) is 5.82 Å². The zero-order valence-electron chi connectivity index (χ0n) is 18.3. The molecule has 4 heterocycles. The summed E-state index contributed by atoms with van der Waals surface area (Å²) in [5.74, 6) is 1.26. The Morgan fingerprint density at radius 1 is 1.13 bits per heavy atom. The van der Waals surface area contributed by atoms with Crippen molar-refractivity contribution < 1.29 is 4.79 Å². The summed E-state index contributed by atoms with van der Waals surface area (Å²) in [4.78, 5) is 26.5. The molecule has 2 aromatic heterocycles. The minimum Gasteiger partial charge on any atom is -0.354 e. The van der Waals surface area contributed by atoms with E-state index in [2.05, 4.69) is 65.2 Å². The Hall–Kier alpha value is -2.02. The summed E-state index contributed by atoms with van der Waals surface area (Å²) in [6.45, 7) is 10.7. The number of nitrogens with zero attached hydrogens (tertiary/aromatic N) is 4. The summed E-state index contributed by atoms with van der Waals surface area (Å²) >= 11 is 1.80. The number of Topliss-reactive ketones (excluding diaryl/α,β-unsaturated/α-hetero) is 1. The highest BCUT2D eigenvalue weighted by molar-refractivity contribution is 7.09. The fourth-order valence-electron chi connectivity index (χ4n) is 4.34. The molecule has 0 atom stereocenters. The van der Waals surface area contributed by atoms with E-state index in [1.165, 1.54) is 4.88 Å². The Morgan fingerprint density at radius 2 is 1.93 bits per heavy atom. The lowest BCUT2D eigenvalue weighted by Gasteiger charge is -2.38. The van der Waals surface area contributed by atoms with Crippen molar-refractivity contribution in [1.29, 1.82) is 0 Å². The highest BCUT2D eigenvalue weighted by Crippen LogP contribution is 2.30. The molecule has 30 heavy (non-hydrogen) atoms. The first-order chi connectivity index (χ1) is 14.4. The highest BCUT2D eigenvalue weighted by atomic mass is 32.1. The summed E-state index contributed by atoms with van der Waals surface area (Å²) in [5.41, 5.74) is 1.39. The molecular weight excluding hydrogens is 392 g/mol. The molecule has 0 spiro atoms. The fourth-order valence-corrected chi connectivity index (χ4v) is 5.03. The zero-order valence-corrected chi connectivity index (χ0v) is 19.1. The normalized spacial score (nSPS) is 22.0. The standard InChI is InChI=1S/C24H32N4OS/c1-24(2)18-27(10-9-21-7-5-15-30-21)17-19(23(24)29)16-20-6-4-8-22(25-20)28-13-11-26(3)12-14-28/h4-8,15-16H,9-14,17-18H2,1-3H3. The molecule has 0 aliphatic carbocycles. The van der Waals surface area contributed by atoms with Gasteiger partial charge in [0, 0.05) is 61.7 Å². The van der Waals surface area contributed by atoms with E-state index in [0.717, 1.165) is 62.8 Å². The molecular formula is C24H32N4OS. The highest BCUT2D eigenvalue weighted by Gasteiger charge is 2.37. The smallest absolute Gasteiger partial charge is 0.167 e. The van der Waals surface area contributed by atoms with Crippen molar-refractivity contribution in [2.45, 2.75) is 20.3 Å². The Labute approximate surface area is 184 Å². The average molecular weight is 425 g/mol. The van der Waals surface area contributed by atoms with Crippen LogP contribution in [0.4, 0.5) is 5.82 Å². The molecule has 2 aliphatic rings. The topological polar surface area (TPSA) is 39.7 Å². The third-order valence-electron chi connectivity index (χ3n) is 6.08. The van der Waals surface area contributed by atoms with Crippen molar-refractivity contribution in [2.75, 3.05) is 57.8 Å². The summed E-state index contributed by atoms with van der Waals surface area (Å²) < 4.78 is 0. The number of thiophene rings is 1. The third-order valence-corrected chi connectivity index (χ3v) is 7.02. The minimum absolute atomic E-state index is 0.252. The number of ketones is 1. The summed E-state index contributed by atoms with van der Waals surface area (Å²) in [6, 6.07) is 10.4. The van der Waals surface area contributed by atoms with E-state index in [-0.39, 0.29) is 11.2 Å². The quantitative estimate of drug-likeness (QED) is 0.688. The summed E-state index contributed by atoms with van der Waals surface area (Å²) in [7, 11) is 2.16. The van der Waals surface area contributed by atoms with Crippen LogP contribution in [0.1, 0.15) is 24.4 Å². The zero-order chi connectivity index (χ0) is 21.1. The molecule has 6 heteroatoms. The Kier molecular flexibility index (Phi) is 6.37. The van der Waals surface area contributed by atoms with E-state index >= 15 is 0 Å². The van der Waals surface area contributed by atoms with Gasteiger partial charge in [-0.05, 0) is 43.1 Å². The van der Waals surface area contributed by atoms with Crippen molar-refractivity contribution in [2.24, 2.45) is 5.41 Å². The minimum atomic E-state index is -0.366. The van der Waals surface area contributed by atoms with Crippen molar-refractivity contribution in [1.82, 2.24) is 14.8 Å². The number of anilines is 1. The molecule has 2 aromatic rings. The fraction of sp³-hybridized carbons (Fsp3) is 0.500. The molecule has 4 rings (SSSR count). The Balaban J connectivity index is 1.50. The van der Waals surface area contributed by atoms with Crippen molar-refractivity contribution in [3.8, 4) is 0 Å². The molecule has 0 N–H and O–H groups in total. The van der Waals surface area contributed by atoms with Gasteiger partial charge in [-0.3, -0.25) is 9.69 Å². The van der Waals surface area contributed by atoms with E-state index in [1.54, 1.807) is 11.3 Å². The van der Waals surface area contributed by atoms with Crippen LogP contribution in [0.15, 0.2) is 41.3 Å². The van der Waals surface area contributed by atoms with Gasteiger partial charge >= 0.3 is 0 Å². The number of hydrogen-bond acceptors (Lipinski definition) is 6. The predicted octanol–water partition coefficient (Wildman–Crippen LogP) is 3.43. The van der Waals surface area contributed by atoms with Gasteiger partial charge < -0.3 is 9.80 Å². The molecule has 0 unspecified atom stereocenters. The SMILES string of the molecule is CN1CCN(c2cccc(C=C3CN(CCc4cccs4)CC(C)(C)C3=O)n2)CC1. The van der Waals surface area contributed by atoms with Crippen LogP contribution in [0.5, 0.6) is 0 Å². The monoisotopic (exact) mass is 424 g/mol. The van der Waals surface area contributed by atoms with Gasteiger partial charge in [0.15, 0.2) is 5.78 Å². The van der Waals surface area contributed by atoms with Crippen LogP contribution in [0, 0.1) is 5.41 Å². The second kappa shape index (κ2) is 9.00. The van der Waals surface area contributed by atoms with Crippen molar-refractivity contribution in [3.63, 3.8) is 0 Å². The number of likely N-dealkylation sites (N-methyl/N-ethyl adjacent to an activating group) is 1. The summed E-state index contributed by atoms with van der Waals surface area (Å²) in [6.07, 6.45) is 3.05. The molecule has 160 valence electrons. The molecule has 5 nitrogen and oxygen atoms in total. The lowest BCUT2D eigenvalue weighted by molar-refractivity contribution is -0.126. The number of pyridine rings is 1. The number of rotatable bonds is 5. The van der Waals surface area contributed by atoms with E-state index < -0.39 is 0 Å². The Morgan fingerprint density at radius 3 is 2.67 bits per heavy atom. The van der Waals surface area contributed by atoms with Gasteiger partial charge in [0.25, 0.3) is 0 Å². The molecule has 0 amide bonds. The van der Waals surface area contributed by atoms with Gasteiger partial charge in [-0.2, -0.15) is 0 Å². The first-order valence-corrected chi connectivity index (χ1v) is 11.7. The number of hydrogen-bond donors (Lipinski definition) is 0. The van der Waals surface area contributed by atoms with Crippen LogP contribution < -0.4 is 4.90 Å². The molecule has 0 bridgehead atoms. The Bertz CT molecular complexity index is 898. The first kappa shape index (κ1) is 21.2. The predicted molar refractivity (Wildman–Crippen MR) is 125 cm³/mol. The van der Waals surface area contributed by atoms with Crippen molar-refractivity contribution >= 4 is 29.0 Å². The number of piperazine rings is 1. The van der Waals surface area contributed by atoms with Gasteiger partial charge in [-0.1, -0.05) is 26.0 Å². The maximum atomic E-state index is 13.1. The van der Waals surface area contributed by atoms with Gasteiger partial charge in [0.05, 0.1) is 5.69 Å². The van der Waals surface area contributed by atoms with E-state index in [4.69, 9.17) is 4.98 Å². The number of carbonyl (C=O) groups excluding carboxylic acids is 1. The van der Waals surface area contributed by atoms with Gasteiger partial charge in [0.2, 0.25) is 0 Å². The van der Waals surface area contributed by atoms with Crippen LogP contribution in [0.25, 0.3) is 6.08 Å². The first-order valence-electron chi connectivity index (χ1n) is 10.8. The average Bonchev–Trinajstić information content (AvgIpc) is 3.24. The number of likely N-dealkylation sites (tertiary alicyclic amines) is 1. The molecule has 2 saturated heterocycles. The largest absolute Gasteiger partial charge is 0.354 e. The van der Waals surface area contributed by atoms with Crippen LogP contribution in [-0.2, 0) is 11.2 Å². The number of carbonyl (C=O) groups is 1. The van der Waals surface area contributed by atoms with Crippen LogP contribution >= 0.6 is 11.3 Å². The molecule has 2 aliphatic heterocycles. The van der Waals surface area contributed by atoms with E-state index in [0.29, 0.717) is 6.54 Å². The van der Waals surface area contributed by atoms with Crippen LogP contribution in [0.2, 0.25) is 0 Å². The second-order valence-electron chi connectivity index (χ2n) is 9.13. The molecule has 0 radical (unpaired) electrons. The lowest BCUT2D eigenvalue weighted by atomic mass is 9.79. The second-order valence-corrected chi connectivity index (χ2v) is 10.2. The van der Waals surface area contributed by atoms with Gasteiger partial charge in [-0.15, -0.1) is 11.3 Å². The van der Waals surface area contributed by atoms with E-state index in [1.807, 2.05) is 12.1 Å². The maximum absolute atomic E-state index is 13.1. The lowest BCUT2D eigenvalue weighted by Crippen LogP contribution is -2.48. The molecule has 2 fully saturated rings. The van der Waals surface area contributed by atoms with Crippen LogP contribution in [0.3, 0.4) is 0 Å².